The fourth-order valence-corrected chi connectivity index (χ4v) is 2.27. The number of nitrogens with zero attached hydrogens (tertiary/aromatic N) is 1. The summed E-state index contributed by atoms with van der Waals surface area (Å²) in [6.07, 6.45) is 3.44. The van der Waals surface area contributed by atoms with E-state index < -0.39 is 0 Å². The highest BCUT2D eigenvalue weighted by Gasteiger charge is 2.28. The predicted octanol–water partition coefficient (Wildman–Crippen LogP) is 1.80. The second-order valence-electron chi connectivity index (χ2n) is 4.69. The van der Waals surface area contributed by atoms with Gasteiger partial charge in [-0.15, -0.1) is 0 Å². The molecule has 0 aromatic carbocycles. The fraction of sp³-hybridized carbons (Fsp3) is 0.333. The van der Waals surface area contributed by atoms with Crippen LogP contribution in [0.4, 0.5) is 0 Å². The molecule has 1 amide bonds. The molecule has 0 saturated carbocycles. The van der Waals surface area contributed by atoms with Gasteiger partial charge >= 0.3 is 5.91 Å². The van der Waals surface area contributed by atoms with Crippen molar-refractivity contribution in [2.24, 2.45) is 0 Å². The first-order chi connectivity index (χ1) is 8.39. The minimum atomic E-state index is -0.336. The summed E-state index contributed by atoms with van der Waals surface area (Å²) in [5, 5.41) is 5.11. The summed E-state index contributed by atoms with van der Waals surface area (Å²) in [6.45, 7) is 5.90. The van der Waals surface area contributed by atoms with Gasteiger partial charge in [0.05, 0.1) is 11.8 Å². The number of thiocarbonyl (C=S) groups is 1. The number of hydrazine groups is 1. The van der Waals surface area contributed by atoms with Gasteiger partial charge in [-0.1, -0.05) is 0 Å². The molecule has 1 aliphatic heterocycles. The van der Waals surface area contributed by atoms with Crippen molar-refractivity contribution in [3.05, 3.63) is 35.9 Å². The molecule has 0 fully saturated rings. The fourth-order valence-electron chi connectivity index (χ4n) is 1.82. The lowest BCUT2D eigenvalue weighted by molar-refractivity contribution is 0.0856. The number of carbonyl (C=O) groups is 1. The lowest BCUT2D eigenvalue weighted by Crippen LogP contribution is -2.58. The zero-order valence-corrected chi connectivity index (χ0v) is 11.3. The Kier molecular flexibility index (Phi) is 3.13. The van der Waals surface area contributed by atoms with E-state index >= 15 is 0 Å². The van der Waals surface area contributed by atoms with Crippen LogP contribution < -0.4 is 10.7 Å². The second kappa shape index (κ2) is 4.45. The third kappa shape index (κ3) is 2.53. The molecule has 0 spiro atoms. The maximum Gasteiger partial charge on any atom is 0.305 e. The van der Waals surface area contributed by atoms with Crippen LogP contribution in [0.25, 0.3) is 0 Å². The van der Waals surface area contributed by atoms with Gasteiger partial charge in [0.15, 0.2) is 10.9 Å². The van der Waals surface area contributed by atoms with E-state index in [2.05, 4.69) is 10.7 Å². The number of hydrogen-bond donors (Lipinski definition) is 2. The lowest BCUT2D eigenvalue weighted by Gasteiger charge is -2.37. The molecule has 18 heavy (non-hydrogen) atoms. The predicted molar refractivity (Wildman–Crippen MR) is 71.6 cm³/mol. The van der Waals surface area contributed by atoms with E-state index in [0.717, 1.165) is 5.70 Å². The Bertz CT molecular complexity index is 505. The van der Waals surface area contributed by atoms with Crippen molar-refractivity contribution in [1.29, 1.82) is 0 Å². The minimum absolute atomic E-state index is 0.215. The van der Waals surface area contributed by atoms with Crippen LogP contribution in [-0.4, -0.2) is 21.6 Å². The summed E-state index contributed by atoms with van der Waals surface area (Å²) in [5.74, 6) is -0.0907. The summed E-state index contributed by atoms with van der Waals surface area (Å²) < 4.78 is 5.03. The number of rotatable bonds is 2. The van der Waals surface area contributed by atoms with Gasteiger partial charge in [0.1, 0.15) is 0 Å². The van der Waals surface area contributed by atoms with Crippen LogP contribution in [0.1, 0.15) is 31.3 Å². The summed E-state index contributed by atoms with van der Waals surface area (Å²) >= 11 is 5.23. The number of hydrogen-bond acceptors (Lipinski definition) is 3. The molecule has 1 aromatic rings. The first kappa shape index (κ1) is 12.6. The zero-order chi connectivity index (χ0) is 13.3. The van der Waals surface area contributed by atoms with E-state index in [1.807, 2.05) is 26.8 Å². The van der Waals surface area contributed by atoms with Crippen LogP contribution in [-0.2, 0) is 0 Å². The second-order valence-corrected chi connectivity index (χ2v) is 5.08. The minimum Gasteiger partial charge on any atom is -0.459 e. The lowest BCUT2D eigenvalue weighted by atomic mass is 10.0. The standard InChI is InChI=1S/C12H15N3O2S/c1-8-7-12(2,3)13-11(18)15(8)14-10(16)9-5-4-6-17-9/h4-7H,1-3H3,(H,13,18)(H,14,16). The van der Waals surface area contributed by atoms with Crippen molar-refractivity contribution in [2.75, 3.05) is 0 Å². The van der Waals surface area contributed by atoms with E-state index in [1.54, 1.807) is 12.1 Å². The van der Waals surface area contributed by atoms with Gasteiger partial charge in [0, 0.05) is 5.70 Å². The zero-order valence-electron chi connectivity index (χ0n) is 10.5. The molecule has 2 heterocycles. The van der Waals surface area contributed by atoms with Crippen molar-refractivity contribution in [3.63, 3.8) is 0 Å². The molecule has 0 aliphatic carbocycles. The smallest absolute Gasteiger partial charge is 0.305 e. The van der Waals surface area contributed by atoms with Crippen LogP contribution in [0.15, 0.2) is 34.6 Å². The van der Waals surface area contributed by atoms with Gasteiger partial charge in [-0.2, -0.15) is 0 Å². The SMILES string of the molecule is CC1=CC(C)(C)NC(=S)N1NC(=O)c1ccco1. The van der Waals surface area contributed by atoms with Crippen LogP contribution in [0.3, 0.4) is 0 Å². The molecular formula is C12H15N3O2S. The van der Waals surface area contributed by atoms with Gasteiger partial charge in [-0.25, -0.2) is 5.01 Å². The molecular weight excluding hydrogens is 250 g/mol. The number of carbonyl (C=O) groups excluding carboxylic acids is 1. The summed E-state index contributed by atoms with van der Waals surface area (Å²) in [6, 6.07) is 3.26. The quantitative estimate of drug-likeness (QED) is 0.799. The number of nitrogens with one attached hydrogen (secondary N) is 2. The highest BCUT2D eigenvalue weighted by molar-refractivity contribution is 7.80. The summed E-state index contributed by atoms with van der Waals surface area (Å²) in [7, 11) is 0. The Morgan fingerprint density at radius 3 is 2.83 bits per heavy atom. The van der Waals surface area contributed by atoms with Gasteiger partial charge in [-0.3, -0.25) is 10.2 Å². The van der Waals surface area contributed by atoms with Crippen LogP contribution >= 0.6 is 12.2 Å². The van der Waals surface area contributed by atoms with Crippen molar-refractivity contribution >= 4 is 23.2 Å². The first-order valence-corrected chi connectivity index (χ1v) is 5.96. The topological polar surface area (TPSA) is 57.5 Å². The van der Waals surface area contributed by atoms with Crippen LogP contribution in [0, 0.1) is 0 Å². The first-order valence-electron chi connectivity index (χ1n) is 5.55. The molecule has 0 bridgehead atoms. The van der Waals surface area contributed by atoms with E-state index in [1.165, 1.54) is 11.3 Å². The number of allylic oxidation sites excluding steroid dienone is 1. The largest absolute Gasteiger partial charge is 0.459 e. The molecule has 2 rings (SSSR count). The Balaban J connectivity index is 2.15. The van der Waals surface area contributed by atoms with E-state index in [4.69, 9.17) is 16.6 Å². The Hall–Kier alpha value is -1.82. The molecule has 5 nitrogen and oxygen atoms in total. The average molecular weight is 265 g/mol. The normalized spacial score (nSPS) is 18.1. The molecule has 96 valence electrons. The van der Waals surface area contributed by atoms with Gasteiger partial charge < -0.3 is 9.73 Å². The Morgan fingerprint density at radius 2 is 2.28 bits per heavy atom. The highest BCUT2D eigenvalue weighted by Crippen LogP contribution is 2.17. The van der Waals surface area contributed by atoms with E-state index in [-0.39, 0.29) is 17.2 Å². The molecule has 2 N–H and O–H groups in total. The summed E-state index contributed by atoms with van der Waals surface area (Å²) in [4.78, 5) is 11.9. The van der Waals surface area contributed by atoms with E-state index in [9.17, 15) is 4.79 Å². The molecule has 0 radical (unpaired) electrons. The van der Waals surface area contributed by atoms with Gasteiger partial charge in [0.25, 0.3) is 0 Å². The molecule has 6 heteroatoms. The highest BCUT2D eigenvalue weighted by atomic mass is 32.1. The van der Waals surface area contributed by atoms with Crippen molar-refractivity contribution in [2.45, 2.75) is 26.3 Å². The van der Waals surface area contributed by atoms with Gasteiger partial charge in [-0.05, 0) is 51.2 Å². The van der Waals surface area contributed by atoms with E-state index in [0.29, 0.717) is 5.11 Å². The van der Waals surface area contributed by atoms with Crippen LogP contribution in [0.2, 0.25) is 0 Å². The summed E-state index contributed by atoms with van der Waals surface area (Å²) in [5.41, 5.74) is 3.34. The molecule has 0 saturated heterocycles. The third-order valence-electron chi connectivity index (χ3n) is 2.51. The van der Waals surface area contributed by atoms with Crippen molar-refractivity contribution in [3.8, 4) is 0 Å². The maximum absolute atomic E-state index is 11.9. The number of furan rings is 1. The number of amides is 1. The average Bonchev–Trinajstić information content (AvgIpc) is 2.75. The Morgan fingerprint density at radius 1 is 1.56 bits per heavy atom. The Labute approximate surface area is 111 Å². The van der Waals surface area contributed by atoms with Crippen molar-refractivity contribution in [1.82, 2.24) is 15.8 Å². The molecule has 0 atom stereocenters. The maximum atomic E-state index is 11.9. The molecule has 0 unspecified atom stereocenters. The molecule has 1 aromatic heterocycles. The molecule has 1 aliphatic rings. The van der Waals surface area contributed by atoms with Crippen molar-refractivity contribution < 1.29 is 9.21 Å². The third-order valence-corrected chi connectivity index (χ3v) is 2.80. The van der Waals surface area contributed by atoms with Gasteiger partial charge in [0.2, 0.25) is 0 Å². The van der Waals surface area contributed by atoms with Crippen LogP contribution in [0.5, 0.6) is 0 Å². The monoisotopic (exact) mass is 265 g/mol.